The number of furan rings is 1. The van der Waals surface area contributed by atoms with Gasteiger partial charge < -0.3 is 18.8 Å². The molecule has 1 aromatic carbocycles. The van der Waals surface area contributed by atoms with E-state index < -0.39 is 9.84 Å². The number of amides is 1. The molecule has 1 aliphatic heterocycles. The van der Waals surface area contributed by atoms with Gasteiger partial charge in [-0.25, -0.2) is 8.42 Å². The minimum absolute atomic E-state index is 0.0193. The zero-order valence-corrected chi connectivity index (χ0v) is 18.1. The fourth-order valence-electron chi connectivity index (χ4n) is 3.91. The lowest BCUT2D eigenvalue weighted by molar-refractivity contribution is -0.136. The Kier molecular flexibility index (Phi) is 5.77. The monoisotopic (exact) mass is 433 g/mol. The van der Waals surface area contributed by atoms with Crippen molar-refractivity contribution in [1.29, 1.82) is 0 Å². The van der Waals surface area contributed by atoms with Crippen LogP contribution in [0.1, 0.15) is 37.2 Å². The van der Waals surface area contributed by atoms with Crippen molar-refractivity contribution in [3.8, 4) is 11.5 Å². The Hall–Kier alpha value is -2.48. The number of methoxy groups -OCH3 is 1. The first-order chi connectivity index (χ1) is 14.3. The van der Waals surface area contributed by atoms with Crippen LogP contribution in [0.2, 0.25) is 0 Å². The summed E-state index contributed by atoms with van der Waals surface area (Å²) in [5.74, 6) is 3.76. The van der Waals surface area contributed by atoms with Gasteiger partial charge in [0.05, 0.1) is 25.2 Å². The van der Waals surface area contributed by atoms with E-state index >= 15 is 0 Å². The third-order valence-electron chi connectivity index (χ3n) is 5.87. The third kappa shape index (κ3) is 4.80. The van der Waals surface area contributed by atoms with Crippen LogP contribution in [-0.2, 0) is 21.2 Å². The van der Waals surface area contributed by atoms with Crippen molar-refractivity contribution in [2.75, 3.05) is 25.2 Å². The lowest BCUT2D eigenvalue weighted by Gasteiger charge is -2.27. The SMILES string of the molecule is COc1ccc(OCC(=O)N(Cc2ccc(C3CC3C)o2)C2CCS(=O)(=O)C2)cc1. The zero-order chi connectivity index (χ0) is 21.3. The van der Waals surface area contributed by atoms with E-state index in [1.54, 1.807) is 36.3 Å². The molecule has 8 heteroatoms. The molecule has 30 heavy (non-hydrogen) atoms. The van der Waals surface area contributed by atoms with Crippen molar-refractivity contribution in [2.45, 2.75) is 38.3 Å². The highest BCUT2D eigenvalue weighted by Gasteiger charge is 2.38. The Morgan fingerprint density at radius 3 is 2.47 bits per heavy atom. The molecule has 2 aliphatic rings. The fraction of sp³-hybridized carbons (Fsp3) is 0.500. The maximum atomic E-state index is 13.0. The van der Waals surface area contributed by atoms with Crippen molar-refractivity contribution >= 4 is 15.7 Å². The molecule has 1 saturated heterocycles. The molecule has 1 aromatic heterocycles. The van der Waals surface area contributed by atoms with Gasteiger partial charge in [-0.2, -0.15) is 0 Å². The second kappa shape index (κ2) is 8.34. The number of nitrogens with zero attached hydrogens (tertiary/aromatic N) is 1. The quantitative estimate of drug-likeness (QED) is 0.636. The molecule has 1 saturated carbocycles. The molecular weight excluding hydrogens is 406 g/mol. The lowest BCUT2D eigenvalue weighted by Crippen LogP contribution is -2.43. The van der Waals surface area contributed by atoms with Gasteiger partial charge in [-0.1, -0.05) is 6.92 Å². The zero-order valence-electron chi connectivity index (χ0n) is 17.2. The summed E-state index contributed by atoms with van der Waals surface area (Å²) in [6, 6.07) is 10.4. The molecular formula is C22H27NO6S. The second-order valence-corrected chi connectivity index (χ2v) is 10.4. The molecule has 3 unspecified atom stereocenters. The summed E-state index contributed by atoms with van der Waals surface area (Å²) >= 11 is 0. The van der Waals surface area contributed by atoms with Gasteiger partial charge >= 0.3 is 0 Å². The van der Waals surface area contributed by atoms with E-state index in [0.717, 1.165) is 12.2 Å². The highest BCUT2D eigenvalue weighted by Crippen LogP contribution is 2.47. The van der Waals surface area contributed by atoms with Gasteiger partial charge in [0.25, 0.3) is 5.91 Å². The normalized spacial score (nSPS) is 24.4. The van der Waals surface area contributed by atoms with Crippen LogP contribution < -0.4 is 9.47 Å². The standard InChI is InChI=1S/C22H27NO6S/c1-15-11-20(15)21-8-7-19(29-21)12-23(16-9-10-30(25,26)14-16)22(24)13-28-18-5-3-17(27-2)4-6-18/h3-8,15-16,20H,9-14H2,1-2H3. The van der Waals surface area contributed by atoms with Crippen LogP contribution in [0.5, 0.6) is 11.5 Å². The number of carbonyl (C=O) groups is 1. The number of sulfone groups is 1. The van der Waals surface area contributed by atoms with Crippen molar-refractivity contribution < 1.29 is 27.1 Å². The van der Waals surface area contributed by atoms with Gasteiger partial charge in [-0.3, -0.25) is 4.79 Å². The number of rotatable bonds is 8. The second-order valence-electron chi connectivity index (χ2n) is 8.17. The number of carbonyl (C=O) groups excluding carboxylic acids is 1. The highest BCUT2D eigenvalue weighted by molar-refractivity contribution is 7.91. The summed E-state index contributed by atoms with van der Waals surface area (Å²) in [5, 5.41) is 0. The average molecular weight is 434 g/mol. The Morgan fingerprint density at radius 2 is 1.87 bits per heavy atom. The Labute approximate surface area is 176 Å². The fourth-order valence-corrected chi connectivity index (χ4v) is 5.64. The summed E-state index contributed by atoms with van der Waals surface area (Å²) < 4.78 is 40.7. The summed E-state index contributed by atoms with van der Waals surface area (Å²) in [6.07, 6.45) is 1.55. The van der Waals surface area contributed by atoms with Crippen molar-refractivity contribution in [3.05, 3.63) is 47.9 Å². The number of hydrogen-bond donors (Lipinski definition) is 0. The van der Waals surface area contributed by atoms with Crippen molar-refractivity contribution in [3.63, 3.8) is 0 Å². The summed E-state index contributed by atoms with van der Waals surface area (Å²) in [7, 11) is -1.55. The molecule has 4 rings (SSSR count). The Bertz CT molecular complexity index is 997. The number of benzene rings is 1. The minimum atomic E-state index is -3.13. The molecule has 0 bridgehead atoms. The highest BCUT2D eigenvalue weighted by atomic mass is 32.2. The number of hydrogen-bond acceptors (Lipinski definition) is 6. The van der Waals surface area contributed by atoms with Crippen LogP contribution in [0, 0.1) is 5.92 Å². The smallest absolute Gasteiger partial charge is 0.261 e. The molecule has 1 aliphatic carbocycles. The van der Waals surface area contributed by atoms with Gasteiger partial charge in [0.15, 0.2) is 16.4 Å². The first-order valence-electron chi connectivity index (χ1n) is 10.2. The van der Waals surface area contributed by atoms with Crippen LogP contribution in [0.3, 0.4) is 0 Å². The molecule has 0 N–H and O–H groups in total. The Balaban J connectivity index is 1.44. The predicted octanol–water partition coefficient (Wildman–Crippen LogP) is 3.01. The van der Waals surface area contributed by atoms with E-state index in [1.807, 2.05) is 12.1 Å². The molecule has 3 atom stereocenters. The van der Waals surface area contributed by atoms with Crippen LogP contribution >= 0.6 is 0 Å². The van der Waals surface area contributed by atoms with Gasteiger partial charge in [0, 0.05) is 12.0 Å². The molecule has 2 heterocycles. The summed E-state index contributed by atoms with van der Waals surface area (Å²) in [6.45, 7) is 2.25. The minimum Gasteiger partial charge on any atom is -0.497 e. The molecule has 0 radical (unpaired) electrons. The predicted molar refractivity (Wildman–Crippen MR) is 111 cm³/mol. The van der Waals surface area contributed by atoms with Crippen LogP contribution in [0.4, 0.5) is 0 Å². The van der Waals surface area contributed by atoms with Crippen LogP contribution in [0.15, 0.2) is 40.8 Å². The number of ether oxygens (including phenoxy) is 2. The third-order valence-corrected chi connectivity index (χ3v) is 7.63. The molecule has 2 aromatic rings. The van der Waals surface area contributed by atoms with Gasteiger partial charge in [0.1, 0.15) is 23.0 Å². The average Bonchev–Trinajstić information content (AvgIpc) is 3.12. The van der Waals surface area contributed by atoms with Crippen molar-refractivity contribution in [1.82, 2.24) is 4.90 Å². The summed E-state index contributed by atoms with van der Waals surface area (Å²) in [4.78, 5) is 14.6. The maximum absolute atomic E-state index is 13.0. The van der Waals surface area contributed by atoms with Crippen LogP contribution in [0.25, 0.3) is 0 Å². The first kappa shape index (κ1) is 20.8. The first-order valence-corrected chi connectivity index (χ1v) is 12.0. The van der Waals surface area contributed by atoms with Gasteiger partial charge in [0.2, 0.25) is 0 Å². The summed E-state index contributed by atoms with van der Waals surface area (Å²) in [5.41, 5.74) is 0. The van der Waals surface area contributed by atoms with E-state index in [9.17, 15) is 13.2 Å². The van der Waals surface area contributed by atoms with Gasteiger partial charge in [-0.05, 0) is 55.2 Å². The maximum Gasteiger partial charge on any atom is 0.261 e. The molecule has 0 spiro atoms. The van der Waals surface area contributed by atoms with Gasteiger partial charge in [-0.15, -0.1) is 0 Å². The van der Waals surface area contributed by atoms with E-state index in [1.165, 1.54) is 0 Å². The molecule has 2 fully saturated rings. The van der Waals surface area contributed by atoms with E-state index in [4.69, 9.17) is 13.9 Å². The van der Waals surface area contributed by atoms with Crippen molar-refractivity contribution in [2.24, 2.45) is 5.92 Å². The van der Waals surface area contributed by atoms with Crippen LogP contribution in [-0.4, -0.2) is 50.5 Å². The Morgan fingerprint density at radius 1 is 1.17 bits per heavy atom. The van der Waals surface area contributed by atoms with E-state index in [-0.39, 0.29) is 36.6 Å². The molecule has 7 nitrogen and oxygen atoms in total. The molecule has 1 amide bonds. The topological polar surface area (TPSA) is 86.1 Å². The van der Waals surface area contributed by atoms with E-state index in [0.29, 0.717) is 35.5 Å². The lowest BCUT2D eigenvalue weighted by atomic mass is 10.2. The van der Waals surface area contributed by atoms with E-state index in [2.05, 4.69) is 6.92 Å². The molecule has 162 valence electrons. The largest absolute Gasteiger partial charge is 0.497 e.